The molecule has 0 aliphatic carbocycles. The first kappa shape index (κ1) is 15.8. The Morgan fingerprint density at radius 2 is 1.96 bits per heavy atom. The maximum absolute atomic E-state index is 12.7. The molecule has 0 unspecified atom stereocenters. The van der Waals surface area contributed by atoms with Crippen LogP contribution in [-0.4, -0.2) is 17.9 Å². The Bertz CT molecular complexity index is 765. The number of carbonyl (C=O) groups is 2. The first-order valence-electron chi connectivity index (χ1n) is 7.62. The van der Waals surface area contributed by atoms with Crippen molar-refractivity contribution in [3.05, 3.63) is 64.7 Å². The molecule has 0 radical (unpaired) electrons. The van der Waals surface area contributed by atoms with Crippen LogP contribution in [0.15, 0.2) is 47.4 Å². The third-order valence-electron chi connectivity index (χ3n) is 3.65. The normalized spacial score (nSPS) is 13.3. The summed E-state index contributed by atoms with van der Waals surface area (Å²) in [6.07, 6.45) is 0.112. The van der Waals surface area contributed by atoms with Crippen molar-refractivity contribution in [3.63, 3.8) is 0 Å². The van der Waals surface area contributed by atoms with E-state index in [9.17, 15) is 9.59 Å². The van der Waals surface area contributed by atoms with E-state index in [4.69, 9.17) is 4.74 Å². The van der Waals surface area contributed by atoms with Gasteiger partial charge in [0.15, 0.2) is 5.78 Å². The van der Waals surface area contributed by atoms with Gasteiger partial charge in [-0.05, 0) is 37.1 Å². The molecule has 0 saturated carbocycles. The van der Waals surface area contributed by atoms with Crippen molar-refractivity contribution in [1.29, 1.82) is 0 Å². The van der Waals surface area contributed by atoms with Crippen LogP contribution in [0.3, 0.4) is 0 Å². The molecule has 1 aliphatic heterocycles. The Balaban J connectivity index is 1.88. The van der Waals surface area contributed by atoms with E-state index in [1.165, 1.54) is 0 Å². The second-order valence-corrected chi connectivity index (χ2v) is 6.84. The minimum absolute atomic E-state index is 0.0527. The molecule has 0 spiro atoms. The van der Waals surface area contributed by atoms with Crippen LogP contribution in [0.25, 0.3) is 0 Å². The van der Waals surface area contributed by atoms with Gasteiger partial charge < -0.3 is 4.74 Å². The fourth-order valence-corrected chi connectivity index (χ4v) is 3.74. The fraction of sp³-hybridized carbons (Fsp3) is 0.263. The predicted molar refractivity (Wildman–Crippen MR) is 90.8 cm³/mol. The van der Waals surface area contributed by atoms with E-state index in [0.717, 1.165) is 27.3 Å². The lowest BCUT2D eigenvalue weighted by molar-refractivity contribution is -0.146. The van der Waals surface area contributed by atoms with Crippen LogP contribution in [0.4, 0.5) is 0 Å². The number of fused-ring (bicyclic) bond motifs is 2. The number of hydrogen-bond donors (Lipinski definition) is 0. The van der Waals surface area contributed by atoms with Crippen molar-refractivity contribution in [2.75, 3.05) is 0 Å². The van der Waals surface area contributed by atoms with Gasteiger partial charge in [0.1, 0.15) is 0 Å². The molecular formula is C19H18O3S. The molecular weight excluding hydrogens is 308 g/mol. The number of ether oxygens (including phenoxy) is 1. The topological polar surface area (TPSA) is 43.4 Å². The lowest BCUT2D eigenvalue weighted by atomic mass is 9.98. The lowest BCUT2D eigenvalue weighted by Gasteiger charge is -2.10. The van der Waals surface area contributed by atoms with Gasteiger partial charge in [0.2, 0.25) is 0 Å². The predicted octanol–water partition coefficient (Wildman–Crippen LogP) is 4.02. The van der Waals surface area contributed by atoms with E-state index in [1.54, 1.807) is 11.8 Å². The SMILES string of the molecule is CC(C)OC(=O)Cc1ccc2c(c1)SCc1ccccc1C2=O. The van der Waals surface area contributed by atoms with Gasteiger partial charge in [-0.2, -0.15) is 0 Å². The molecule has 4 heteroatoms. The summed E-state index contributed by atoms with van der Waals surface area (Å²) >= 11 is 1.64. The second-order valence-electron chi connectivity index (χ2n) is 5.82. The van der Waals surface area contributed by atoms with E-state index in [2.05, 4.69) is 0 Å². The summed E-state index contributed by atoms with van der Waals surface area (Å²) in [5.74, 6) is 0.569. The van der Waals surface area contributed by atoms with E-state index in [0.29, 0.717) is 5.56 Å². The molecule has 2 aromatic rings. The first-order valence-corrected chi connectivity index (χ1v) is 8.61. The molecule has 118 valence electrons. The van der Waals surface area contributed by atoms with Crippen LogP contribution in [0, 0.1) is 0 Å². The molecule has 0 N–H and O–H groups in total. The number of esters is 1. The Labute approximate surface area is 140 Å². The van der Waals surface area contributed by atoms with Crippen molar-refractivity contribution >= 4 is 23.5 Å². The molecule has 0 amide bonds. The summed E-state index contributed by atoms with van der Waals surface area (Å²) < 4.78 is 5.18. The summed E-state index contributed by atoms with van der Waals surface area (Å²) in [6.45, 7) is 3.67. The number of thioether (sulfide) groups is 1. The van der Waals surface area contributed by atoms with Crippen LogP contribution in [0.5, 0.6) is 0 Å². The van der Waals surface area contributed by atoms with Gasteiger partial charge >= 0.3 is 5.97 Å². The van der Waals surface area contributed by atoms with Crippen molar-refractivity contribution < 1.29 is 14.3 Å². The molecule has 23 heavy (non-hydrogen) atoms. The zero-order valence-corrected chi connectivity index (χ0v) is 14.0. The molecule has 0 bridgehead atoms. The third-order valence-corrected chi connectivity index (χ3v) is 4.76. The van der Waals surface area contributed by atoms with E-state index >= 15 is 0 Å². The van der Waals surface area contributed by atoms with Crippen molar-refractivity contribution in [2.45, 2.75) is 37.0 Å². The van der Waals surface area contributed by atoms with Gasteiger partial charge in [0.25, 0.3) is 0 Å². The first-order chi connectivity index (χ1) is 11.0. The Morgan fingerprint density at radius 3 is 2.74 bits per heavy atom. The minimum Gasteiger partial charge on any atom is -0.463 e. The Morgan fingerprint density at radius 1 is 1.17 bits per heavy atom. The molecule has 0 fully saturated rings. The second kappa shape index (κ2) is 6.59. The molecule has 1 heterocycles. The molecule has 2 aromatic carbocycles. The molecule has 3 nitrogen and oxygen atoms in total. The lowest BCUT2D eigenvalue weighted by Crippen LogP contribution is -2.13. The standard InChI is InChI=1S/C19H18O3S/c1-12(2)22-18(20)10-13-7-8-16-17(9-13)23-11-14-5-3-4-6-15(14)19(16)21/h3-9,12H,10-11H2,1-2H3. The summed E-state index contributed by atoms with van der Waals surface area (Å²) in [5, 5.41) is 0. The Kier molecular flexibility index (Phi) is 4.53. The smallest absolute Gasteiger partial charge is 0.310 e. The maximum atomic E-state index is 12.7. The monoisotopic (exact) mass is 326 g/mol. The third kappa shape index (κ3) is 3.48. The fourth-order valence-electron chi connectivity index (χ4n) is 2.62. The molecule has 0 aromatic heterocycles. The minimum atomic E-state index is -0.242. The largest absolute Gasteiger partial charge is 0.463 e. The average molecular weight is 326 g/mol. The summed E-state index contributed by atoms with van der Waals surface area (Å²) in [5.41, 5.74) is 3.41. The number of ketones is 1. The van der Waals surface area contributed by atoms with Crippen molar-refractivity contribution in [2.24, 2.45) is 0 Å². The molecule has 1 aliphatic rings. The number of rotatable bonds is 3. The van der Waals surface area contributed by atoms with Crippen LogP contribution in [-0.2, 0) is 21.7 Å². The number of benzene rings is 2. The highest BCUT2D eigenvalue weighted by molar-refractivity contribution is 7.98. The summed E-state index contributed by atoms with van der Waals surface area (Å²) in [6, 6.07) is 13.3. The van der Waals surface area contributed by atoms with Crippen LogP contribution in [0.1, 0.15) is 40.9 Å². The van der Waals surface area contributed by atoms with Crippen molar-refractivity contribution in [3.8, 4) is 0 Å². The summed E-state index contributed by atoms with van der Waals surface area (Å²) in [4.78, 5) is 25.4. The van der Waals surface area contributed by atoms with Crippen LogP contribution < -0.4 is 0 Å². The highest BCUT2D eigenvalue weighted by Gasteiger charge is 2.21. The molecule has 0 saturated heterocycles. The van der Waals surface area contributed by atoms with Gasteiger partial charge in [-0.1, -0.05) is 30.3 Å². The van der Waals surface area contributed by atoms with E-state index in [1.807, 2.05) is 56.3 Å². The van der Waals surface area contributed by atoms with Gasteiger partial charge in [-0.25, -0.2) is 0 Å². The van der Waals surface area contributed by atoms with Crippen molar-refractivity contribution in [1.82, 2.24) is 0 Å². The molecule has 0 atom stereocenters. The zero-order chi connectivity index (χ0) is 16.4. The quantitative estimate of drug-likeness (QED) is 0.799. The Hall–Kier alpha value is -2.07. The van der Waals surface area contributed by atoms with Gasteiger partial charge in [-0.15, -0.1) is 11.8 Å². The highest BCUT2D eigenvalue weighted by Crippen LogP contribution is 2.34. The number of carbonyl (C=O) groups excluding carboxylic acids is 2. The maximum Gasteiger partial charge on any atom is 0.310 e. The van der Waals surface area contributed by atoms with E-state index < -0.39 is 0 Å². The average Bonchev–Trinajstić information content (AvgIpc) is 2.64. The van der Waals surface area contributed by atoms with Crippen LogP contribution in [0.2, 0.25) is 0 Å². The highest BCUT2D eigenvalue weighted by atomic mass is 32.2. The zero-order valence-electron chi connectivity index (χ0n) is 13.2. The van der Waals surface area contributed by atoms with Crippen LogP contribution >= 0.6 is 11.8 Å². The van der Waals surface area contributed by atoms with Gasteiger partial charge in [0, 0.05) is 21.8 Å². The molecule has 3 rings (SSSR count). The van der Waals surface area contributed by atoms with Gasteiger partial charge in [0.05, 0.1) is 12.5 Å². The van der Waals surface area contributed by atoms with E-state index in [-0.39, 0.29) is 24.3 Å². The summed E-state index contributed by atoms with van der Waals surface area (Å²) in [7, 11) is 0. The number of hydrogen-bond acceptors (Lipinski definition) is 4. The van der Waals surface area contributed by atoms with Gasteiger partial charge in [-0.3, -0.25) is 9.59 Å².